The largest absolute Gasteiger partial charge is 0.503 e. The Kier molecular flexibility index (Phi) is 12.5. The Morgan fingerprint density at radius 3 is 2.03 bits per heavy atom. The van der Waals surface area contributed by atoms with Crippen LogP contribution in [-0.4, -0.2) is 59.6 Å². The van der Waals surface area contributed by atoms with Gasteiger partial charge in [-0.3, -0.25) is 35.0 Å². The molecule has 15 nitrogen and oxygen atoms in total. The first kappa shape index (κ1) is 28.1. The van der Waals surface area contributed by atoms with Crippen LogP contribution >= 0.6 is 0 Å². The van der Waals surface area contributed by atoms with Gasteiger partial charge >= 0.3 is 6.16 Å². The Morgan fingerprint density at radius 2 is 1.66 bits per heavy atom. The minimum Gasteiger partial charge on any atom is -0.450 e. The van der Waals surface area contributed by atoms with E-state index >= 15 is 0 Å². The van der Waals surface area contributed by atoms with Gasteiger partial charge in [-0.25, -0.2) is 4.79 Å². The predicted molar refractivity (Wildman–Crippen MR) is 107 cm³/mol. The van der Waals surface area contributed by atoms with E-state index < -0.39 is 39.7 Å². The topological polar surface area (TPSA) is 234 Å². The molecule has 1 aromatic rings. The van der Waals surface area contributed by atoms with E-state index in [-0.39, 0.29) is 29.3 Å². The van der Waals surface area contributed by atoms with Gasteiger partial charge in [-0.1, -0.05) is 19.8 Å². The number of nitrogens with one attached hydrogen (secondary N) is 1. The van der Waals surface area contributed by atoms with E-state index in [2.05, 4.69) is 5.32 Å². The fourth-order valence-corrected chi connectivity index (χ4v) is 2.31. The monoisotopic (exact) mass is 460 g/mol. The molecule has 178 valence electrons. The summed E-state index contributed by atoms with van der Waals surface area (Å²) in [6.07, 6.45) is 0.769. The number of hydrogen-bond acceptors (Lipinski definition) is 10. The normalized spacial score (nSPS) is 13.3. The number of aliphatic hydroxyl groups excluding tert-OH is 1. The molecule has 1 heterocycles. The summed E-state index contributed by atoms with van der Waals surface area (Å²) in [4.78, 5) is 49.1. The molecule has 32 heavy (non-hydrogen) atoms. The number of benzene rings is 1. The van der Waals surface area contributed by atoms with Crippen molar-refractivity contribution in [1.29, 1.82) is 0 Å². The summed E-state index contributed by atoms with van der Waals surface area (Å²) in [5.41, 5.74) is -0.707. The van der Waals surface area contributed by atoms with Crippen molar-refractivity contribution in [3.05, 3.63) is 38.4 Å². The number of non-ortho nitro benzene ring substituents is 1. The van der Waals surface area contributed by atoms with Gasteiger partial charge in [-0.15, -0.1) is 0 Å². The molecule has 0 aliphatic carbocycles. The highest BCUT2D eigenvalue weighted by Crippen LogP contribution is 2.29. The number of aliphatic hydroxyl groups is 1. The maximum absolute atomic E-state index is 10.9. The van der Waals surface area contributed by atoms with E-state index in [0.717, 1.165) is 31.4 Å². The van der Waals surface area contributed by atoms with Gasteiger partial charge in [0.1, 0.15) is 11.9 Å². The maximum atomic E-state index is 10.9. The molecule has 0 aromatic heterocycles. The third-order valence-electron chi connectivity index (χ3n) is 3.82. The second-order valence-corrected chi connectivity index (χ2v) is 6.25. The fraction of sp³-hybridized carbons (Fsp3) is 0.471. The number of imide groups is 1. The quantitative estimate of drug-likeness (QED) is 0.0939. The van der Waals surface area contributed by atoms with E-state index in [1.54, 1.807) is 0 Å². The van der Waals surface area contributed by atoms with Crippen LogP contribution in [0.15, 0.2) is 18.2 Å². The van der Waals surface area contributed by atoms with E-state index in [1.165, 1.54) is 6.07 Å². The molecule has 0 bridgehead atoms. The van der Waals surface area contributed by atoms with Crippen molar-refractivity contribution in [1.82, 2.24) is 5.06 Å². The molecule has 0 radical (unpaired) electrons. The Morgan fingerprint density at radius 1 is 1.12 bits per heavy atom. The summed E-state index contributed by atoms with van der Waals surface area (Å²) < 4.78 is 0. The highest BCUT2D eigenvalue weighted by atomic mass is 16.6. The third-order valence-corrected chi connectivity index (χ3v) is 3.82. The van der Waals surface area contributed by atoms with E-state index in [4.69, 9.17) is 20.2 Å². The second-order valence-electron chi connectivity index (χ2n) is 6.25. The lowest BCUT2D eigenvalue weighted by molar-refractivity contribution is -0.393. The maximum Gasteiger partial charge on any atom is 0.503 e. The molecule has 1 atom stereocenters. The van der Waals surface area contributed by atoms with Crippen LogP contribution in [0.5, 0.6) is 0 Å². The average Bonchev–Trinajstić information content (AvgIpc) is 2.99. The summed E-state index contributed by atoms with van der Waals surface area (Å²) in [6.45, 7) is 2.03. The lowest BCUT2D eigenvalue weighted by Crippen LogP contribution is -2.24. The number of carbonyl (C=O) groups is 3. The Hall–Kier alpha value is -3.85. The van der Waals surface area contributed by atoms with Crippen LogP contribution in [0.3, 0.4) is 0 Å². The Labute approximate surface area is 181 Å². The molecule has 1 fully saturated rings. The lowest BCUT2D eigenvalue weighted by Gasteiger charge is -2.13. The summed E-state index contributed by atoms with van der Waals surface area (Å²) >= 11 is 0. The Balaban J connectivity index is 0.000000653. The predicted octanol–water partition coefficient (Wildman–Crippen LogP) is 2.56. The van der Waals surface area contributed by atoms with Crippen molar-refractivity contribution in [3.8, 4) is 0 Å². The number of hydrogen-bond donors (Lipinski definition) is 5. The molecule has 0 spiro atoms. The molecule has 1 aliphatic heterocycles. The molecule has 0 saturated carbocycles. The first-order valence-electron chi connectivity index (χ1n) is 9.24. The van der Waals surface area contributed by atoms with Gasteiger partial charge in [0.25, 0.3) is 23.2 Å². The number of carboxylic acid groups (broad SMARTS) is 2. The molecule has 1 aromatic carbocycles. The summed E-state index contributed by atoms with van der Waals surface area (Å²) in [7, 11) is 0. The molecule has 2 rings (SSSR count). The Bertz CT molecular complexity index is 811. The zero-order chi connectivity index (χ0) is 24.8. The molecule has 1 aliphatic rings. The highest BCUT2D eigenvalue weighted by Gasteiger charge is 2.26. The number of rotatable bonds is 8. The minimum absolute atomic E-state index is 0.0737. The van der Waals surface area contributed by atoms with Crippen LogP contribution < -0.4 is 5.32 Å². The van der Waals surface area contributed by atoms with Crippen LogP contribution in [0, 0.1) is 20.2 Å². The number of carbonyl (C=O) groups excluding carboxylic acids is 2. The van der Waals surface area contributed by atoms with Gasteiger partial charge < -0.3 is 20.6 Å². The molecule has 1 unspecified atom stereocenters. The van der Waals surface area contributed by atoms with E-state index in [1.807, 2.05) is 6.92 Å². The van der Waals surface area contributed by atoms with Crippen LogP contribution in [0.1, 0.15) is 45.4 Å². The molecular formula is C17H24N4O11. The van der Waals surface area contributed by atoms with E-state index in [0.29, 0.717) is 6.42 Å². The second kappa shape index (κ2) is 14.2. The van der Waals surface area contributed by atoms with Gasteiger partial charge in [0, 0.05) is 18.9 Å². The standard InChI is InChI=1S/C12H17N3O5.C4H5NO3.CH2O3/c1-2-3-4-5-12(16)13-10-7-6-9(14(17)18)8-11(10)15(19)20;6-3-1-2-4(7)5(3)8;2-1(3)4/h6-8,12-13,16H,2-5H2,1H3;8H,1-2H2;(H2,2,3,4). The van der Waals surface area contributed by atoms with Crippen molar-refractivity contribution < 1.29 is 44.8 Å². The summed E-state index contributed by atoms with van der Waals surface area (Å²) in [6, 6.07) is 3.27. The first-order valence-corrected chi connectivity index (χ1v) is 9.24. The molecule has 1 saturated heterocycles. The van der Waals surface area contributed by atoms with Crippen molar-refractivity contribution in [3.63, 3.8) is 0 Å². The third kappa shape index (κ3) is 10.8. The number of hydroxylamine groups is 2. The summed E-state index contributed by atoms with van der Waals surface area (Å²) in [5, 5.41) is 56.4. The van der Waals surface area contributed by atoms with Gasteiger partial charge in [0.15, 0.2) is 0 Å². The number of nitrogens with zero attached hydrogens (tertiary/aromatic N) is 3. The first-order chi connectivity index (χ1) is 14.9. The van der Waals surface area contributed by atoms with E-state index in [9.17, 15) is 34.9 Å². The number of nitro benzene ring substituents is 2. The summed E-state index contributed by atoms with van der Waals surface area (Å²) in [5.74, 6) is -1.01. The number of anilines is 1. The number of amides is 2. The number of unbranched alkanes of at least 4 members (excludes halogenated alkanes) is 2. The smallest absolute Gasteiger partial charge is 0.450 e. The minimum atomic E-state index is -1.83. The van der Waals surface area contributed by atoms with Gasteiger partial charge in [-0.05, 0) is 18.9 Å². The zero-order valence-electron chi connectivity index (χ0n) is 17.0. The molecular weight excluding hydrogens is 436 g/mol. The van der Waals surface area contributed by atoms with Gasteiger partial charge in [0.05, 0.1) is 15.9 Å². The lowest BCUT2D eigenvalue weighted by atomic mass is 10.2. The van der Waals surface area contributed by atoms with Gasteiger partial charge in [-0.2, -0.15) is 5.06 Å². The van der Waals surface area contributed by atoms with Crippen molar-refractivity contribution >= 4 is 35.0 Å². The average molecular weight is 460 g/mol. The van der Waals surface area contributed by atoms with Gasteiger partial charge in [0.2, 0.25) is 0 Å². The SMILES string of the molecule is CCCCCC(O)Nc1ccc([N+](=O)[O-])cc1[N+](=O)[O-].O=C(O)O.O=C1CCC(=O)N1O. The molecule has 15 heteroatoms. The molecule has 2 amide bonds. The van der Waals surface area contributed by atoms with Crippen molar-refractivity contribution in [2.75, 3.05) is 5.32 Å². The highest BCUT2D eigenvalue weighted by molar-refractivity contribution is 6.00. The van der Waals surface area contributed by atoms with Crippen molar-refractivity contribution in [2.24, 2.45) is 0 Å². The van der Waals surface area contributed by atoms with Crippen LogP contribution in [0.25, 0.3) is 0 Å². The zero-order valence-corrected chi connectivity index (χ0v) is 17.0. The van der Waals surface area contributed by atoms with Crippen LogP contribution in [0.4, 0.5) is 21.9 Å². The van der Waals surface area contributed by atoms with Crippen molar-refractivity contribution in [2.45, 2.75) is 51.7 Å². The molecule has 5 N–H and O–H groups in total. The fourth-order valence-electron chi connectivity index (χ4n) is 2.31. The number of nitro groups is 2. The van der Waals surface area contributed by atoms with Crippen LogP contribution in [0.2, 0.25) is 0 Å². The van der Waals surface area contributed by atoms with Crippen LogP contribution in [-0.2, 0) is 9.59 Å².